The summed E-state index contributed by atoms with van der Waals surface area (Å²) in [5, 5.41) is 12.7. The predicted octanol–water partition coefficient (Wildman–Crippen LogP) is 4.94. The van der Waals surface area contributed by atoms with E-state index in [1.165, 1.54) is 5.56 Å². The molecule has 32 heavy (non-hydrogen) atoms. The van der Waals surface area contributed by atoms with E-state index in [9.17, 15) is 9.59 Å². The first kappa shape index (κ1) is 25.4. The normalized spacial score (nSPS) is 14.9. The Labute approximate surface area is 196 Å². The number of nitrogens with one attached hydrogen (secondary N) is 1. The molecule has 2 aromatic carbocycles. The lowest BCUT2D eigenvalue weighted by molar-refractivity contribution is -0.138. The Balaban J connectivity index is 0.00000363. The molecular weight excluding hydrogens is 422 g/mol. The molecule has 1 fully saturated rings. The molecule has 0 aromatic heterocycles. The zero-order valence-electron chi connectivity index (χ0n) is 18.0. The zero-order chi connectivity index (χ0) is 22.4. The van der Waals surface area contributed by atoms with E-state index >= 15 is 0 Å². The fourth-order valence-electron chi connectivity index (χ4n) is 4.04. The van der Waals surface area contributed by atoms with E-state index in [0.29, 0.717) is 24.6 Å². The molecule has 0 spiro atoms. The number of halogens is 1. The van der Waals surface area contributed by atoms with Gasteiger partial charge in [-0.05, 0) is 60.1 Å². The van der Waals surface area contributed by atoms with Gasteiger partial charge in [0.1, 0.15) is 6.04 Å². The monoisotopic (exact) mass is 453 g/mol. The van der Waals surface area contributed by atoms with Crippen LogP contribution in [-0.4, -0.2) is 35.8 Å². The molecule has 2 aromatic rings. The molecular formula is C26H32ClN3O2. The minimum Gasteiger partial charge on any atom is -0.344 e. The molecule has 5 nitrogen and oxygen atoms in total. The first-order valence-electron chi connectivity index (χ1n) is 10.7. The second-order valence-corrected chi connectivity index (χ2v) is 8.87. The van der Waals surface area contributed by atoms with Crippen LogP contribution in [0.1, 0.15) is 56.7 Å². The van der Waals surface area contributed by atoms with Gasteiger partial charge >= 0.3 is 0 Å². The fourth-order valence-corrected chi connectivity index (χ4v) is 4.17. The number of hydrogen-bond acceptors (Lipinski definition) is 3. The molecule has 1 heterocycles. The Hall–Kier alpha value is -2.84. The topological polar surface area (TPSA) is 73.2 Å². The number of rotatable bonds is 6. The van der Waals surface area contributed by atoms with Crippen molar-refractivity contribution in [2.24, 2.45) is 5.92 Å². The summed E-state index contributed by atoms with van der Waals surface area (Å²) in [7, 11) is 0. The van der Waals surface area contributed by atoms with Crippen molar-refractivity contribution in [2.75, 3.05) is 13.1 Å². The molecule has 1 saturated heterocycles. The van der Waals surface area contributed by atoms with Crippen LogP contribution in [0.25, 0.3) is 0 Å². The molecule has 170 valence electrons. The average molecular weight is 454 g/mol. The Morgan fingerprint density at radius 3 is 2.41 bits per heavy atom. The van der Waals surface area contributed by atoms with Gasteiger partial charge in [0.15, 0.2) is 0 Å². The highest BCUT2D eigenvalue weighted by Crippen LogP contribution is 2.29. The number of carbonyl (C=O) groups excluding carboxylic acids is 2. The van der Waals surface area contributed by atoms with E-state index in [1.54, 1.807) is 18.2 Å². The smallest absolute Gasteiger partial charge is 0.245 e. The Kier molecular flexibility index (Phi) is 9.28. The highest BCUT2D eigenvalue weighted by Gasteiger charge is 2.31. The van der Waals surface area contributed by atoms with Gasteiger partial charge in [-0.2, -0.15) is 5.26 Å². The number of piperidine rings is 1. The highest BCUT2D eigenvalue weighted by atomic mass is 35.5. The van der Waals surface area contributed by atoms with Crippen LogP contribution in [0.15, 0.2) is 48.5 Å². The molecule has 1 aliphatic rings. The summed E-state index contributed by atoms with van der Waals surface area (Å²) in [6, 6.07) is 16.4. The average Bonchev–Trinajstić information content (AvgIpc) is 2.77. The lowest BCUT2D eigenvalue weighted by Crippen LogP contribution is -2.53. The number of hydrogen-bond donors (Lipinski definition) is 1. The summed E-state index contributed by atoms with van der Waals surface area (Å²) in [5.41, 5.74) is 2.53. The highest BCUT2D eigenvalue weighted by molar-refractivity contribution is 6.30. The van der Waals surface area contributed by atoms with Crippen LogP contribution in [0.5, 0.6) is 0 Å². The molecule has 1 atom stereocenters. The Bertz CT molecular complexity index is 958. The van der Waals surface area contributed by atoms with Crippen LogP contribution in [-0.2, 0) is 16.0 Å². The van der Waals surface area contributed by atoms with Crippen LogP contribution in [0.3, 0.4) is 0 Å². The lowest BCUT2D eigenvalue weighted by atomic mass is 9.89. The minimum atomic E-state index is -0.557. The van der Waals surface area contributed by atoms with Gasteiger partial charge < -0.3 is 10.2 Å². The molecule has 0 unspecified atom stereocenters. The zero-order valence-corrected chi connectivity index (χ0v) is 18.7. The van der Waals surface area contributed by atoms with Gasteiger partial charge in [0.25, 0.3) is 0 Å². The van der Waals surface area contributed by atoms with E-state index in [2.05, 4.69) is 23.5 Å². The van der Waals surface area contributed by atoms with Gasteiger partial charge in [0.05, 0.1) is 18.1 Å². The van der Waals surface area contributed by atoms with E-state index in [1.807, 2.05) is 36.9 Å². The lowest BCUT2D eigenvalue weighted by Gasteiger charge is -2.35. The molecule has 3 rings (SSSR count). The van der Waals surface area contributed by atoms with Crippen molar-refractivity contribution in [3.63, 3.8) is 0 Å². The van der Waals surface area contributed by atoms with Gasteiger partial charge in [-0.3, -0.25) is 9.59 Å². The third-order valence-corrected chi connectivity index (χ3v) is 6.07. The molecule has 1 N–H and O–H groups in total. The Morgan fingerprint density at radius 1 is 1.16 bits per heavy atom. The number of benzene rings is 2. The van der Waals surface area contributed by atoms with E-state index < -0.39 is 6.04 Å². The van der Waals surface area contributed by atoms with E-state index in [-0.39, 0.29) is 31.6 Å². The molecule has 2 amide bonds. The van der Waals surface area contributed by atoms with Crippen LogP contribution >= 0.6 is 11.6 Å². The first-order chi connectivity index (χ1) is 14.9. The summed E-state index contributed by atoms with van der Waals surface area (Å²) < 4.78 is 0. The van der Waals surface area contributed by atoms with Gasteiger partial charge in [-0.25, -0.2) is 0 Å². The van der Waals surface area contributed by atoms with Crippen molar-refractivity contribution >= 4 is 23.4 Å². The third kappa shape index (κ3) is 6.58. The summed E-state index contributed by atoms with van der Waals surface area (Å²) >= 11 is 5.99. The first-order valence-corrected chi connectivity index (χ1v) is 11.1. The number of nitrogens with zero attached hydrogens (tertiary/aromatic N) is 2. The van der Waals surface area contributed by atoms with Crippen molar-refractivity contribution < 1.29 is 9.59 Å². The van der Waals surface area contributed by atoms with E-state index in [0.717, 1.165) is 23.4 Å². The van der Waals surface area contributed by atoms with Crippen LogP contribution in [0, 0.1) is 17.2 Å². The number of likely N-dealkylation sites (tertiary alicyclic amines) is 1. The molecule has 0 saturated carbocycles. The molecule has 0 bridgehead atoms. The number of carbonyl (C=O) groups is 2. The van der Waals surface area contributed by atoms with Gasteiger partial charge in [-0.1, -0.05) is 57.1 Å². The van der Waals surface area contributed by atoms with Crippen LogP contribution in [0.4, 0.5) is 0 Å². The van der Waals surface area contributed by atoms with Gasteiger partial charge in [0.2, 0.25) is 11.8 Å². The number of amides is 2. The molecule has 6 heteroatoms. The van der Waals surface area contributed by atoms with Crippen molar-refractivity contribution in [1.29, 1.82) is 5.26 Å². The van der Waals surface area contributed by atoms with Crippen molar-refractivity contribution in [3.05, 3.63) is 70.2 Å². The molecule has 1 aliphatic heterocycles. The quantitative estimate of drug-likeness (QED) is 0.673. The summed E-state index contributed by atoms with van der Waals surface area (Å²) in [4.78, 5) is 27.6. The maximum atomic E-state index is 13.2. The predicted molar refractivity (Wildman–Crippen MR) is 128 cm³/mol. The number of nitriles is 1. The second-order valence-electron chi connectivity index (χ2n) is 8.43. The Morgan fingerprint density at radius 2 is 1.81 bits per heavy atom. The maximum absolute atomic E-state index is 13.2. The van der Waals surface area contributed by atoms with Crippen molar-refractivity contribution in [2.45, 2.75) is 52.5 Å². The second kappa shape index (κ2) is 11.7. The van der Waals surface area contributed by atoms with Crippen LogP contribution < -0.4 is 5.32 Å². The van der Waals surface area contributed by atoms with E-state index in [4.69, 9.17) is 16.9 Å². The fraction of sp³-hybridized carbons (Fsp3) is 0.423. The third-order valence-electron chi connectivity index (χ3n) is 5.82. The summed E-state index contributed by atoms with van der Waals surface area (Å²) in [6.45, 7) is 5.24. The SMILES string of the molecule is C.CC(C)[C@@H](NC(=O)Cc1cccc(C#N)c1)C(=O)N1CCC(c2ccc(Cl)cc2)CC1. The van der Waals surface area contributed by atoms with Gasteiger partial charge in [0, 0.05) is 18.1 Å². The summed E-state index contributed by atoms with van der Waals surface area (Å²) in [6.07, 6.45) is 1.94. The van der Waals surface area contributed by atoms with Crippen LogP contribution in [0.2, 0.25) is 5.02 Å². The molecule has 0 aliphatic carbocycles. The van der Waals surface area contributed by atoms with Crippen molar-refractivity contribution in [1.82, 2.24) is 10.2 Å². The molecule has 0 radical (unpaired) electrons. The standard InChI is InChI=1S/C25H28ClN3O2.CH4/c1-17(2)24(28-23(30)15-18-4-3-5-19(14-18)16-27)25(31)29-12-10-21(11-13-29)20-6-8-22(26)9-7-20;/h3-9,14,17,21,24H,10-13,15H2,1-2H3,(H,28,30);1H4/t24-;/m1./s1. The minimum absolute atomic E-state index is 0. The van der Waals surface area contributed by atoms with Gasteiger partial charge in [-0.15, -0.1) is 0 Å². The maximum Gasteiger partial charge on any atom is 0.245 e. The summed E-state index contributed by atoms with van der Waals surface area (Å²) in [5.74, 6) is 0.165. The van der Waals surface area contributed by atoms with Crippen molar-refractivity contribution in [3.8, 4) is 6.07 Å². The largest absolute Gasteiger partial charge is 0.344 e.